The number of hydrogen-bond acceptors (Lipinski definition) is 2. The lowest BCUT2D eigenvalue weighted by atomic mass is 10.2. The summed E-state index contributed by atoms with van der Waals surface area (Å²) in [6, 6.07) is 12.5. The van der Waals surface area contributed by atoms with Crippen LogP contribution in [0, 0.1) is 13.8 Å². The van der Waals surface area contributed by atoms with E-state index in [0.717, 1.165) is 39.8 Å². The number of para-hydroxylation sites is 1. The number of H-pyrrole nitrogens is 2. The molecule has 0 radical (unpaired) electrons. The zero-order valence-electron chi connectivity index (χ0n) is 14.0. The molecule has 0 bridgehead atoms. The summed E-state index contributed by atoms with van der Waals surface area (Å²) in [6.07, 6.45) is 4.01. The van der Waals surface area contributed by atoms with Gasteiger partial charge in [0.25, 0.3) is 0 Å². The highest BCUT2D eigenvalue weighted by molar-refractivity contribution is 6.13. The van der Waals surface area contributed by atoms with E-state index in [1.54, 1.807) is 7.11 Å². The van der Waals surface area contributed by atoms with Gasteiger partial charge in [-0.05, 0) is 43.7 Å². The molecule has 2 N–H and O–H groups in total. The van der Waals surface area contributed by atoms with Crippen LogP contribution >= 0.6 is 0 Å². The number of benzene rings is 1. The van der Waals surface area contributed by atoms with Gasteiger partial charge in [-0.1, -0.05) is 18.2 Å². The van der Waals surface area contributed by atoms with Gasteiger partial charge in [-0.2, -0.15) is 0 Å². The molecule has 24 heavy (non-hydrogen) atoms. The quantitative estimate of drug-likeness (QED) is 0.735. The Bertz CT molecular complexity index is 982. The predicted molar refractivity (Wildman–Crippen MR) is 98.2 cm³/mol. The summed E-state index contributed by atoms with van der Waals surface area (Å²) < 4.78 is 5.52. The molecule has 1 aliphatic heterocycles. The number of hydrogen-bond donors (Lipinski definition) is 2. The minimum Gasteiger partial charge on any atom is -0.494 e. The van der Waals surface area contributed by atoms with Gasteiger partial charge in [0, 0.05) is 28.4 Å². The topological polar surface area (TPSA) is 53.2 Å². The molecular weight excluding hydrogens is 298 g/mol. The van der Waals surface area contributed by atoms with Crippen molar-refractivity contribution in [3.8, 4) is 0 Å². The number of aromatic amines is 2. The Balaban J connectivity index is 1.77. The first kappa shape index (κ1) is 14.6. The second-order valence-electron chi connectivity index (χ2n) is 6.06. The standard InChI is InChI=1S/C20H19N3O/c1-12-8-13(2)21-16(12)10-19-20(24-3)11-18(23-19)17-9-14-6-4-5-7-15(14)22-17/h4-11,21-22H,1-3H3/b19-10+. The van der Waals surface area contributed by atoms with Gasteiger partial charge in [-0.15, -0.1) is 0 Å². The number of aromatic nitrogens is 2. The van der Waals surface area contributed by atoms with Crippen molar-refractivity contribution >= 4 is 22.7 Å². The van der Waals surface area contributed by atoms with Crippen LogP contribution in [0.15, 0.2) is 58.9 Å². The van der Waals surface area contributed by atoms with Crippen molar-refractivity contribution < 1.29 is 4.74 Å². The average molecular weight is 317 g/mol. The van der Waals surface area contributed by atoms with Crippen molar-refractivity contribution in [2.24, 2.45) is 4.99 Å². The highest BCUT2D eigenvalue weighted by Gasteiger charge is 2.18. The van der Waals surface area contributed by atoms with Crippen LogP contribution in [0.1, 0.15) is 22.6 Å². The first-order valence-corrected chi connectivity index (χ1v) is 7.95. The van der Waals surface area contributed by atoms with Gasteiger partial charge in [0.1, 0.15) is 11.5 Å². The summed E-state index contributed by atoms with van der Waals surface area (Å²) in [7, 11) is 1.68. The number of rotatable bonds is 3. The highest BCUT2D eigenvalue weighted by atomic mass is 16.5. The van der Waals surface area contributed by atoms with Crippen molar-refractivity contribution in [3.05, 3.63) is 76.6 Å². The molecule has 4 rings (SSSR count). The van der Waals surface area contributed by atoms with Crippen molar-refractivity contribution in [2.45, 2.75) is 13.8 Å². The number of methoxy groups -OCH3 is 1. The lowest BCUT2D eigenvalue weighted by Crippen LogP contribution is -1.93. The molecule has 0 amide bonds. The molecule has 2 aromatic heterocycles. The van der Waals surface area contributed by atoms with Crippen LogP contribution in [0.4, 0.5) is 0 Å². The van der Waals surface area contributed by atoms with Crippen LogP contribution in [0.3, 0.4) is 0 Å². The van der Waals surface area contributed by atoms with Crippen LogP contribution in [-0.4, -0.2) is 22.8 Å². The minimum absolute atomic E-state index is 0.773. The molecule has 1 aliphatic rings. The van der Waals surface area contributed by atoms with E-state index < -0.39 is 0 Å². The fourth-order valence-electron chi connectivity index (χ4n) is 3.07. The van der Waals surface area contributed by atoms with E-state index in [9.17, 15) is 0 Å². The number of nitrogens with zero attached hydrogens (tertiary/aromatic N) is 1. The zero-order chi connectivity index (χ0) is 16.7. The van der Waals surface area contributed by atoms with Gasteiger partial charge in [-0.3, -0.25) is 0 Å². The summed E-state index contributed by atoms with van der Waals surface area (Å²) >= 11 is 0. The summed E-state index contributed by atoms with van der Waals surface area (Å²) in [5.41, 5.74) is 7.22. The zero-order valence-corrected chi connectivity index (χ0v) is 14.0. The summed E-state index contributed by atoms with van der Waals surface area (Å²) in [5.74, 6) is 0.773. The van der Waals surface area contributed by atoms with E-state index in [4.69, 9.17) is 9.73 Å². The molecule has 3 heterocycles. The molecule has 4 nitrogen and oxygen atoms in total. The third-order valence-electron chi connectivity index (χ3n) is 4.26. The fourth-order valence-corrected chi connectivity index (χ4v) is 3.07. The van der Waals surface area contributed by atoms with Crippen LogP contribution in [0.5, 0.6) is 0 Å². The third-order valence-corrected chi connectivity index (χ3v) is 4.26. The first-order valence-electron chi connectivity index (χ1n) is 7.95. The first-order chi connectivity index (χ1) is 11.6. The lowest BCUT2D eigenvalue weighted by molar-refractivity contribution is 0.303. The normalized spacial score (nSPS) is 15.9. The Morgan fingerprint density at radius 3 is 2.62 bits per heavy atom. The Hall–Kier alpha value is -3.01. The van der Waals surface area contributed by atoms with E-state index in [1.807, 2.05) is 24.3 Å². The van der Waals surface area contributed by atoms with Gasteiger partial charge >= 0.3 is 0 Å². The lowest BCUT2D eigenvalue weighted by Gasteiger charge is -2.01. The molecule has 1 aromatic carbocycles. The van der Waals surface area contributed by atoms with Crippen molar-refractivity contribution in [3.63, 3.8) is 0 Å². The number of ether oxygens (including phenoxy) is 1. The van der Waals surface area contributed by atoms with Crippen LogP contribution in [0.2, 0.25) is 0 Å². The van der Waals surface area contributed by atoms with Gasteiger partial charge in [-0.25, -0.2) is 4.99 Å². The maximum Gasteiger partial charge on any atom is 0.146 e. The SMILES string of the molecule is COC1=CC(c2cc3ccccc3[nH]2)=N/C1=C/c1[nH]c(C)cc1C. The van der Waals surface area contributed by atoms with Crippen LogP contribution in [-0.2, 0) is 4.74 Å². The Kier molecular flexibility index (Phi) is 3.38. The van der Waals surface area contributed by atoms with Gasteiger partial charge in [0.05, 0.1) is 18.5 Å². The molecule has 4 heteroatoms. The molecule has 0 spiro atoms. The number of fused-ring (bicyclic) bond motifs is 1. The van der Waals surface area contributed by atoms with Gasteiger partial charge in [0.15, 0.2) is 0 Å². The number of nitrogens with one attached hydrogen (secondary N) is 2. The highest BCUT2D eigenvalue weighted by Crippen LogP contribution is 2.27. The van der Waals surface area contributed by atoms with Crippen LogP contribution in [0.25, 0.3) is 17.0 Å². The van der Waals surface area contributed by atoms with Crippen molar-refractivity contribution in [1.29, 1.82) is 0 Å². The maximum atomic E-state index is 5.52. The Morgan fingerprint density at radius 2 is 1.92 bits per heavy atom. The second kappa shape index (κ2) is 5.57. The fraction of sp³-hybridized carbons (Fsp3) is 0.150. The number of aliphatic imine (C=N–C) groups is 1. The van der Waals surface area contributed by atoms with E-state index in [1.165, 1.54) is 10.9 Å². The number of allylic oxidation sites excluding steroid dienone is 1. The molecule has 0 aliphatic carbocycles. The van der Waals surface area contributed by atoms with E-state index in [0.29, 0.717) is 0 Å². The number of aryl methyl sites for hydroxylation is 2. The Labute approximate surface area is 140 Å². The summed E-state index contributed by atoms with van der Waals surface area (Å²) in [6.45, 7) is 4.14. The minimum atomic E-state index is 0.773. The monoisotopic (exact) mass is 317 g/mol. The largest absolute Gasteiger partial charge is 0.494 e. The maximum absolute atomic E-state index is 5.52. The molecule has 0 saturated carbocycles. The van der Waals surface area contributed by atoms with Crippen molar-refractivity contribution in [1.82, 2.24) is 9.97 Å². The molecule has 120 valence electrons. The van der Waals surface area contributed by atoms with Gasteiger partial charge < -0.3 is 14.7 Å². The van der Waals surface area contributed by atoms with E-state index >= 15 is 0 Å². The van der Waals surface area contributed by atoms with Crippen molar-refractivity contribution in [2.75, 3.05) is 7.11 Å². The predicted octanol–water partition coefficient (Wildman–Crippen LogP) is 4.49. The summed E-state index contributed by atoms with van der Waals surface area (Å²) in [5, 5.41) is 1.18. The Morgan fingerprint density at radius 1 is 1.08 bits per heavy atom. The molecule has 3 aromatic rings. The molecule has 0 atom stereocenters. The van der Waals surface area contributed by atoms with E-state index in [-0.39, 0.29) is 0 Å². The second-order valence-corrected chi connectivity index (χ2v) is 6.06. The average Bonchev–Trinajstić information content (AvgIpc) is 3.24. The third kappa shape index (κ3) is 2.46. The molecule has 0 fully saturated rings. The smallest absolute Gasteiger partial charge is 0.146 e. The van der Waals surface area contributed by atoms with E-state index in [2.05, 4.69) is 48.1 Å². The van der Waals surface area contributed by atoms with Gasteiger partial charge in [0.2, 0.25) is 0 Å². The summed E-state index contributed by atoms with van der Waals surface area (Å²) in [4.78, 5) is 11.5. The molecule has 0 unspecified atom stereocenters. The van der Waals surface area contributed by atoms with Crippen LogP contribution < -0.4 is 0 Å². The molecular formula is C20H19N3O. The molecule has 0 saturated heterocycles.